The van der Waals surface area contributed by atoms with Gasteiger partial charge in [0.15, 0.2) is 0 Å². The molecule has 1 aliphatic rings. The number of hydrogen-bond acceptors (Lipinski definition) is 4. The Morgan fingerprint density at radius 1 is 1.24 bits per heavy atom. The molecule has 1 aliphatic carbocycles. The molecule has 0 amide bonds. The second kappa shape index (κ2) is 7.49. The summed E-state index contributed by atoms with van der Waals surface area (Å²) in [5.41, 5.74) is 1.04. The molecule has 1 aromatic carbocycles. The molecule has 0 bridgehead atoms. The molecule has 1 N–H and O–H groups in total. The summed E-state index contributed by atoms with van der Waals surface area (Å²) in [7, 11) is -1.63. The van der Waals surface area contributed by atoms with Crippen LogP contribution in [0.4, 0.5) is 0 Å². The van der Waals surface area contributed by atoms with Crippen LogP contribution in [0.2, 0.25) is 0 Å². The number of aliphatic imine (C=N–C) groups is 1. The van der Waals surface area contributed by atoms with Crippen molar-refractivity contribution in [1.29, 1.82) is 0 Å². The number of aromatic nitrogens is 2. The standard InChI is InChI=1S/C18H24N4O2S/c1-14-7-9-15(10-8-14)25(23,24)21-17-6-4-3-5-16(17)20-13-18-19-11-12-22(18)2/h7-13,16-17,21H,3-6H2,1-2H3. The minimum Gasteiger partial charge on any atom is -0.333 e. The third-order valence-electron chi connectivity index (χ3n) is 4.61. The van der Waals surface area contributed by atoms with Crippen LogP contribution in [0.25, 0.3) is 0 Å². The van der Waals surface area contributed by atoms with Crippen molar-refractivity contribution in [2.24, 2.45) is 12.0 Å². The summed E-state index contributed by atoms with van der Waals surface area (Å²) in [6.07, 6.45) is 9.07. The fraction of sp³-hybridized carbons (Fsp3) is 0.444. The molecule has 1 fully saturated rings. The van der Waals surface area contributed by atoms with Crippen LogP contribution in [0.1, 0.15) is 37.1 Å². The van der Waals surface area contributed by atoms with Gasteiger partial charge < -0.3 is 4.57 Å². The third kappa shape index (κ3) is 4.35. The van der Waals surface area contributed by atoms with E-state index >= 15 is 0 Å². The highest BCUT2D eigenvalue weighted by Crippen LogP contribution is 2.23. The monoisotopic (exact) mass is 360 g/mol. The normalized spacial score (nSPS) is 21.7. The van der Waals surface area contributed by atoms with Crippen molar-refractivity contribution in [2.75, 3.05) is 0 Å². The topological polar surface area (TPSA) is 76.3 Å². The van der Waals surface area contributed by atoms with Crippen LogP contribution in [-0.2, 0) is 17.1 Å². The molecule has 7 heteroatoms. The number of nitrogens with one attached hydrogen (secondary N) is 1. The lowest BCUT2D eigenvalue weighted by atomic mass is 9.91. The Balaban J connectivity index is 1.75. The number of nitrogens with zero attached hydrogens (tertiary/aromatic N) is 3. The van der Waals surface area contributed by atoms with Crippen molar-refractivity contribution in [3.8, 4) is 0 Å². The maximum atomic E-state index is 12.7. The first kappa shape index (κ1) is 17.8. The minimum absolute atomic E-state index is 0.0642. The fourth-order valence-corrected chi connectivity index (χ4v) is 4.38. The average Bonchev–Trinajstić information content (AvgIpc) is 2.99. The molecule has 2 aromatic rings. The maximum absolute atomic E-state index is 12.7. The van der Waals surface area contributed by atoms with Crippen LogP contribution in [0.3, 0.4) is 0 Å². The molecule has 0 aliphatic heterocycles. The van der Waals surface area contributed by atoms with Crippen molar-refractivity contribution in [2.45, 2.75) is 49.6 Å². The number of aryl methyl sites for hydroxylation is 2. The molecule has 0 saturated heterocycles. The number of hydrogen-bond donors (Lipinski definition) is 1. The first-order valence-electron chi connectivity index (χ1n) is 8.55. The highest BCUT2D eigenvalue weighted by Gasteiger charge is 2.29. The van der Waals surface area contributed by atoms with E-state index in [1.807, 2.05) is 36.9 Å². The highest BCUT2D eigenvalue weighted by molar-refractivity contribution is 7.89. The smallest absolute Gasteiger partial charge is 0.240 e. The lowest BCUT2D eigenvalue weighted by Gasteiger charge is -2.29. The predicted molar refractivity (Wildman–Crippen MR) is 98.3 cm³/mol. The molecule has 6 nitrogen and oxygen atoms in total. The van der Waals surface area contributed by atoms with Gasteiger partial charge in [0.05, 0.1) is 17.2 Å². The number of benzene rings is 1. The molecular weight excluding hydrogens is 336 g/mol. The van der Waals surface area contributed by atoms with Crippen molar-refractivity contribution in [3.63, 3.8) is 0 Å². The fourth-order valence-electron chi connectivity index (χ4n) is 3.08. The zero-order valence-corrected chi connectivity index (χ0v) is 15.4. The predicted octanol–water partition coefficient (Wildman–Crippen LogP) is 2.44. The number of sulfonamides is 1. The molecule has 2 unspecified atom stereocenters. The minimum atomic E-state index is -3.53. The van der Waals surface area contributed by atoms with E-state index in [1.165, 1.54) is 0 Å². The molecular formula is C18H24N4O2S. The van der Waals surface area contributed by atoms with Crippen LogP contribution < -0.4 is 4.72 Å². The van der Waals surface area contributed by atoms with Crippen molar-refractivity contribution in [3.05, 3.63) is 48.0 Å². The van der Waals surface area contributed by atoms with Crippen LogP contribution in [-0.4, -0.2) is 36.3 Å². The van der Waals surface area contributed by atoms with Crippen LogP contribution in [0.15, 0.2) is 46.5 Å². The van der Waals surface area contributed by atoms with Gasteiger partial charge >= 0.3 is 0 Å². The van der Waals surface area contributed by atoms with Gasteiger partial charge in [0.25, 0.3) is 0 Å². The number of rotatable bonds is 5. The van der Waals surface area contributed by atoms with Gasteiger partial charge in [-0.3, -0.25) is 4.99 Å². The van der Waals surface area contributed by atoms with Crippen LogP contribution in [0.5, 0.6) is 0 Å². The molecule has 3 rings (SSSR count). The van der Waals surface area contributed by atoms with Crippen LogP contribution in [0, 0.1) is 6.92 Å². The van der Waals surface area contributed by atoms with Crippen molar-refractivity contribution < 1.29 is 8.42 Å². The first-order valence-corrected chi connectivity index (χ1v) is 10.0. The Morgan fingerprint density at radius 3 is 2.64 bits per heavy atom. The summed E-state index contributed by atoms with van der Waals surface area (Å²) < 4.78 is 30.1. The summed E-state index contributed by atoms with van der Waals surface area (Å²) >= 11 is 0. The first-order chi connectivity index (χ1) is 12.0. The second-order valence-electron chi connectivity index (χ2n) is 6.57. The van der Waals surface area contributed by atoms with E-state index in [0.717, 1.165) is 37.1 Å². The quantitative estimate of drug-likeness (QED) is 0.832. The Hall–Kier alpha value is -1.99. The molecule has 0 radical (unpaired) electrons. The van der Waals surface area contributed by atoms with Gasteiger partial charge in [0.2, 0.25) is 10.0 Å². The van der Waals surface area contributed by atoms with Gasteiger partial charge in [-0.05, 0) is 31.9 Å². The van der Waals surface area contributed by atoms with Gasteiger partial charge in [-0.15, -0.1) is 0 Å². The summed E-state index contributed by atoms with van der Waals surface area (Å²) in [6, 6.07) is 6.67. The lowest BCUT2D eigenvalue weighted by molar-refractivity contribution is 0.363. The summed E-state index contributed by atoms with van der Waals surface area (Å²) in [5, 5.41) is 0. The molecule has 1 saturated carbocycles. The number of imidazole rings is 1. The molecule has 134 valence electrons. The van der Waals surface area contributed by atoms with E-state index in [0.29, 0.717) is 4.90 Å². The van der Waals surface area contributed by atoms with E-state index < -0.39 is 10.0 Å². The lowest BCUT2D eigenvalue weighted by Crippen LogP contribution is -2.44. The van der Waals surface area contributed by atoms with Crippen LogP contribution >= 0.6 is 0 Å². The summed E-state index contributed by atoms with van der Waals surface area (Å²) in [4.78, 5) is 9.16. The van der Waals surface area contributed by atoms with E-state index in [2.05, 4.69) is 14.7 Å². The highest BCUT2D eigenvalue weighted by atomic mass is 32.2. The molecule has 25 heavy (non-hydrogen) atoms. The van der Waals surface area contributed by atoms with Crippen molar-refractivity contribution >= 4 is 16.2 Å². The molecule has 2 atom stereocenters. The Kier molecular flexibility index (Phi) is 5.34. The van der Waals surface area contributed by atoms with E-state index in [9.17, 15) is 8.42 Å². The second-order valence-corrected chi connectivity index (χ2v) is 8.28. The third-order valence-corrected chi connectivity index (χ3v) is 6.11. The Bertz CT molecular complexity index is 840. The zero-order chi connectivity index (χ0) is 17.9. The Labute approximate surface area is 149 Å². The Morgan fingerprint density at radius 2 is 1.96 bits per heavy atom. The summed E-state index contributed by atoms with van der Waals surface area (Å²) in [5.74, 6) is 0.769. The van der Waals surface area contributed by atoms with Gasteiger partial charge in [-0.2, -0.15) is 0 Å². The SMILES string of the molecule is Cc1ccc(S(=O)(=O)NC2CCCCC2N=Cc2nccn2C)cc1. The largest absolute Gasteiger partial charge is 0.333 e. The average molecular weight is 360 g/mol. The zero-order valence-electron chi connectivity index (χ0n) is 14.6. The van der Waals surface area contributed by atoms with Gasteiger partial charge in [-0.25, -0.2) is 18.1 Å². The molecule has 1 heterocycles. The summed E-state index contributed by atoms with van der Waals surface area (Å²) in [6.45, 7) is 1.94. The van der Waals surface area contributed by atoms with E-state index in [-0.39, 0.29) is 12.1 Å². The van der Waals surface area contributed by atoms with Gasteiger partial charge in [0, 0.05) is 25.5 Å². The maximum Gasteiger partial charge on any atom is 0.240 e. The molecule has 0 spiro atoms. The van der Waals surface area contributed by atoms with Crippen molar-refractivity contribution in [1.82, 2.24) is 14.3 Å². The van der Waals surface area contributed by atoms with Gasteiger partial charge in [0.1, 0.15) is 5.82 Å². The van der Waals surface area contributed by atoms with E-state index in [1.54, 1.807) is 24.5 Å². The molecule has 1 aromatic heterocycles. The van der Waals surface area contributed by atoms with E-state index in [4.69, 9.17) is 0 Å². The van der Waals surface area contributed by atoms with Gasteiger partial charge in [-0.1, -0.05) is 30.5 Å².